The molecule has 2 aromatic rings. The minimum atomic E-state index is 0.636. The Morgan fingerprint density at radius 2 is 1.94 bits per heavy atom. The van der Waals surface area contributed by atoms with Gasteiger partial charge in [0.1, 0.15) is 0 Å². The lowest BCUT2D eigenvalue weighted by atomic mass is 10.1. The van der Waals surface area contributed by atoms with E-state index < -0.39 is 0 Å². The van der Waals surface area contributed by atoms with E-state index in [1.54, 1.807) is 6.20 Å². The van der Waals surface area contributed by atoms with E-state index >= 15 is 0 Å². The number of hydrogen-bond acceptors (Lipinski definition) is 4. The summed E-state index contributed by atoms with van der Waals surface area (Å²) in [5, 5.41) is 2.95. The zero-order valence-electron chi connectivity index (χ0n) is 9.65. The summed E-state index contributed by atoms with van der Waals surface area (Å²) in [5.41, 5.74) is 4.24. The first-order valence-electron chi connectivity index (χ1n) is 5.14. The molecule has 0 aliphatic carbocycles. The van der Waals surface area contributed by atoms with Crippen molar-refractivity contribution in [2.45, 2.75) is 13.8 Å². The number of nitrogens with one attached hydrogen (secondary N) is 1. The predicted molar refractivity (Wildman–Crippen MR) is 64.3 cm³/mol. The third kappa shape index (κ3) is 1.86. The molecule has 1 N–H and O–H groups in total. The number of rotatable bonds is 2. The van der Waals surface area contributed by atoms with Gasteiger partial charge in [-0.2, -0.15) is 0 Å². The summed E-state index contributed by atoms with van der Waals surface area (Å²) in [4.78, 5) is 12.7. The Morgan fingerprint density at radius 3 is 2.62 bits per heavy atom. The molecule has 0 spiro atoms. The van der Waals surface area contributed by atoms with Crippen molar-refractivity contribution >= 4 is 5.95 Å². The Balaban J connectivity index is 2.59. The number of aryl methyl sites for hydroxylation is 2. The Morgan fingerprint density at radius 1 is 1.12 bits per heavy atom. The standard InChI is InChI=1S/C12H14N4/c1-8-6-14-5-4-10(8)11-9(2)7-15-12(13-3)16-11/h4-7H,1-3H3,(H,13,15,16). The highest BCUT2D eigenvalue weighted by Gasteiger charge is 2.07. The number of pyridine rings is 1. The van der Waals surface area contributed by atoms with Gasteiger partial charge in [0.2, 0.25) is 5.95 Å². The molecule has 4 nitrogen and oxygen atoms in total. The van der Waals surface area contributed by atoms with E-state index in [-0.39, 0.29) is 0 Å². The molecule has 0 fully saturated rings. The second kappa shape index (κ2) is 4.26. The molecular formula is C12H14N4. The molecule has 2 aromatic heterocycles. The first kappa shape index (κ1) is 10.5. The van der Waals surface area contributed by atoms with Crippen molar-refractivity contribution in [2.75, 3.05) is 12.4 Å². The smallest absolute Gasteiger partial charge is 0.222 e. The molecule has 0 radical (unpaired) electrons. The quantitative estimate of drug-likeness (QED) is 0.832. The summed E-state index contributed by atoms with van der Waals surface area (Å²) in [6, 6.07) is 1.98. The first-order chi connectivity index (χ1) is 7.72. The van der Waals surface area contributed by atoms with E-state index in [1.807, 2.05) is 39.4 Å². The monoisotopic (exact) mass is 214 g/mol. The highest BCUT2D eigenvalue weighted by Crippen LogP contribution is 2.23. The highest BCUT2D eigenvalue weighted by molar-refractivity contribution is 5.66. The van der Waals surface area contributed by atoms with Crippen LogP contribution < -0.4 is 5.32 Å². The summed E-state index contributed by atoms with van der Waals surface area (Å²) in [5.74, 6) is 0.636. The van der Waals surface area contributed by atoms with Crippen molar-refractivity contribution in [3.8, 4) is 11.3 Å². The van der Waals surface area contributed by atoms with Crippen LogP contribution in [0.2, 0.25) is 0 Å². The van der Waals surface area contributed by atoms with E-state index in [0.717, 1.165) is 22.4 Å². The molecule has 82 valence electrons. The van der Waals surface area contributed by atoms with Gasteiger partial charge in [-0.1, -0.05) is 0 Å². The zero-order valence-corrected chi connectivity index (χ0v) is 9.65. The molecule has 16 heavy (non-hydrogen) atoms. The molecule has 2 rings (SSSR count). The molecule has 0 aliphatic heterocycles. The molecular weight excluding hydrogens is 200 g/mol. The van der Waals surface area contributed by atoms with Crippen LogP contribution in [0.15, 0.2) is 24.7 Å². The van der Waals surface area contributed by atoms with Gasteiger partial charge in [0.05, 0.1) is 5.69 Å². The van der Waals surface area contributed by atoms with Crippen molar-refractivity contribution in [1.29, 1.82) is 0 Å². The number of anilines is 1. The van der Waals surface area contributed by atoms with Gasteiger partial charge in [-0.3, -0.25) is 4.98 Å². The Labute approximate surface area is 94.8 Å². The molecule has 2 heterocycles. The molecule has 0 saturated heterocycles. The van der Waals surface area contributed by atoms with Gasteiger partial charge in [-0.15, -0.1) is 0 Å². The van der Waals surface area contributed by atoms with E-state index in [2.05, 4.69) is 20.3 Å². The van der Waals surface area contributed by atoms with Crippen LogP contribution in [-0.2, 0) is 0 Å². The summed E-state index contributed by atoms with van der Waals surface area (Å²) in [6.45, 7) is 4.04. The van der Waals surface area contributed by atoms with Crippen LogP contribution in [0.3, 0.4) is 0 Å². The lowest BCUT2D eigenvalue weighted by molar-refractivity contribution is 1.12. The van der Waals surface area contributed by atoms with E-state index in [1.165, 1.54) is 0 Å². The van der Waals surface area contributed by atoms with Crippen molar-refractivity contribution in [3.05, 3.63) is 35.8 Å². The fraction of sp³-hybridized carbons (Fsp3) is 0.250. The van der Waals surface area contributed by atoms with Gasteiger partial charge < -0.3 is 5.32 Å². The second-order valence-electron chi connectivity index (χ2n) is 3.67. The normalized spacial score (nSPS) is 10.2. The predicted octanol–water partition coefficient (Wildman–Crippen LogP) is 2.20. The molecule has 0 aliphatic rings. The van der Waals surface area contributed by atoms with Crippen LogP contribution >= 0.6 is 0 Å². The maximum Gasteiger partial charge on any atom is 0.222 e. The van der Waals surface area contributed by atoms with Crippen molar-refractivity contribution in [1.82, 2.24) is 15.0 Å². The first-order valence-corrected chi connectivity index (χ1v) is 5.14. The molecule has 4 heteroatoms. The number of aromatic nitrogens is 3. The average molecular weight is 214 g/mol. The van der Waals surface area contributed by atoms with Gasteiger partial charge >= 0.3 is 0 Å². The number of hydrogen-bond donors (Lipinski definition) is 1. The fourth-order valence-electron chi connectivity index (χ4n) is 1.57. The third-order valence-electron chi connectivity index (χ3n) is 2.47. The van der Waals surface area contributed by atoms with Crippen LogP contribution in [-0.4, -0.2) is 22.0 Å². The van der Waals surface area contributed by atoms with Gasteiger partial charge in [-0.05, 0) is 31.0 Å². The van der Waals surface area contributed by atoms with Crippen LogP contribution in [0, 0.1) is 13.8 Å². The molecule has 0 bridgehead atoms. The topological polar surface area (TPSA) is 50.7 Å². The molecule has 0 amide bonds. The summed E-state index contributed by atoms with van der Waals surface area (Å²) in [7, 11) is 1.81. The fourth-order valence-corrected chi connectivity index (χ4v) is 1.57. The van der Waals surface area contributed by atoms with Gasteiger partial charge in [0.25, 0.3) is 0 Å². The second-order valence-corrected chi connectivity index (χ2v) is 3.67. The SMILES string of the molecule is CNc1ncc(C)c(-c2ccncc2C)n1. The van der Waals surface area contributed by atoms with E-state index in [4.69, 9.17) is 0 Å². The van der Waals surface area contributed by atoms with Crippen molar-refractivity contribution < 1.29 is 0 Å². The highest BCUT2D eigenvalue weighted by atomic mass is 15.1. The van der Waals surface area contributed by atoms with Gasteiger partial charge in [0.15, 0.2) is 0 Å². The van der Waals surface area contributed by atoms with E-state index in [0.29, 0.717) is 5.95 Å². The molecule has 0 atom stereocenters. The Bertz CT molecular complexity index is 508. The molecule has 0 saturated carbocycles. The van der Waals surface area contributed by atoms with Gasteiger partial charge in [-0.25, -0.2) is 9.97 Å². The molecule has 0 aromatic carbocycles. The van der Waals surface area contributed by atoms with Crippen LogP contribution in [0.4, 0.5) is 5.95 Å². The van der Waals surface area contributed by atoms with Crippen molar-refractivity contribution in [2.24, 2.45) is 0 Å². The lowest BCUT2D eigenvalue weighted by Crippen LogP contribution is -2.00. The zero-order chi connectivity index (χ0) is 11.5. The summed E-state index contributed by atoms with van der Waals surface area (Å²) < 4.78 is 0. The van der Waals surface area contributed by atoms with Crippen molar-refractivity contribution in [3.63, 3.8) is 0 Å². The average Bonchev–Trinajstić information content (AvgIpc) is 2.31. The number of nitrogens with zero attached hydrogens (tertiary/aromatic N) is 3. The maximum absolute atomic E-state index is 4.47. The minimum Gasteiger partial charge on any atom is -0.357 e. The largest absolute Gasteiger partial charge is 0.357 e. The third-order valence-corrected chi connectivity index (χ3v) is 2.47. The van der Waals surface area contributed by atoms with Crippen LogP contribution in [0.25, 0.3) is 11.3 Å². The minimum absolute atomic E-state index is 0.636. The van der Waals surface area contributed by atoms with Crippen LogP contribution in [0.5, 0.6) is 0 Å². The lowest BCUT2D eigenvalue weighted by Gasteiger charge is -2.08. The van der Waals surface area contributed by atoms with Crippen LogP contribution in [0.1, 0.15) is 11.1 Å². The molecule has 0 unspecified atom stereocenters. The van der Waals surface area contributed by atoms with Gasteiger partial charge in [0, 0.05) is 31.2 Å². The summed E-state index contributed by atoms with van der Waals surface area (Å²) in [6.07, 6.45) is 5.45. The Kier molecular flexibility index (Phi) is 2.81. The Hall–Kier alpha value is -1.97. The summed E-state index contributed by atoms with van der Waals surface area (Å²) >= 11 is 0. The maximum atomic E-state index is 4.47. The van der Waals surface area contributed by atoms with E-state index in [9.17, 15) is 0 Å².